The molecule has 0 N–H and O–H groups in total. The highest BCUT2D eigenvalue weighted by Gasteiger charge is 2.22. The van der Waals surface area contributed by atoms with Crippen LogP contribution in [0.5, 0.6) is 5.88 Å². The standard InChI is InChI=1S/C16H22N4OS/c1-3-19-8-10-20(11-9-19)15-16(18-22-17-15)21-12-14-7-5-4-6-13(14)2/h4-7H,3,8-12H2,1-2H3. The minimum absolute atomic E-state index is 0.542. The van der Waals surface area contributed by atoms with E-state index in [1.54, 1.807) is 0 Å². The molecule has 1 aliphatic rings. The lowest BCUT2D eigenvalue weighted by Gasteiger charge is -2.34. The minimum atomic E-state index is 0.542. The van der Waals surface area contributed by atoms with Gasteiger partial charge in [0.05, 0.1) is 11.7 Å². The number of anilines is 1. The predicted molar refractivity (Wildman–Crippen MR) is 89.7 cm³/mol. The monoisotopic (exact) mass is 318 g/mol. The second-order valence-electron chi connectivity index (χ2n) is 5.53. The fourth-order valence-electron chi connectivity index (χ4n) is 2.65. The Morgan fingerprint density at radius 1 is 1.14 bits per heavy atom. The van der Waals surface area contributed by atoms with Crippen molar-refractivity contribution in [3.63, 3.8) is 0 Å². The Morgan fingerprint density at radius 3 is 2.64 bits per heavy atom. The summed E-state index contributed by atoms with van der Waals surface area (Å²) in [4.78, 5) is 4.73. The molecule has 1 saturated heterocycles. The van der Waals surface area contributed by atoms with Crippen LogP contribution < -0.4 is 9.64 Å². The van der Waals surface area contributed by atoms with Gasteiger partial charge in [0, 0.05) is 26.2 Å². The highest BCUT2D eigenvalue weighted by molar-refractivity contribution is 6.99. The zero-order valence-corrected chi connectivity index (χ0v) is 14.0. The number of hydrogen-bond donors (Lipinski definition) is 0. The maximum absolute atomic E-state index is 5.93. The molecule has 0 bridgehead atoms. The van der Waals surface area contributed by atoms with Crippen LogP contribution in [0, 0.1) is 6.92 Å². The Bertz CT molecular complexity index is 608. The molecule has 0 aliphatic carbocycles. The summed E-state index contributed by atoms with van der Waals surface area (Å²) in [5.74, 6) is 1.56. The lowest BCUT2D eigenvalue weighted by atomic mass is 10.1. The quantitative estimate of drug-likeness (QED) is 0.847. The van der Waals surface area contributed by atoms with Crippen molar-refractivity contribution < 1.29 is 4.74 Å². The van der Waals surface area contributed by atoms with Gasteiger partial charge in [0.2, 0.25) is 5.82 Å². The molecule has 0 amide bonds. The van der Waals surface area contributed by atoms with Crippen molar-refractivity contribution in [1.29, 1.82) is 0 Å². The largest absolute Gasteiger partial charge is 0.470 e. The number of aryl methyl sites for hydroxylation is 1. The number of hydrogen-bond acceptors (Lipinski definition) is 6. The van der Waals surface area contributed by atoms with Crippen molar-refractivity contribution in [2.24, 2.45) is 0 Å². The summed E-state index contributed by atoms with van der Waals surface area (Å²) in [5.41, 5.74) is 2.43. The Morgan fingerprint density at radius 2 is 1.91 bits per heavy atom. The number of nitrogens with zero attached hydrogens (tertiary/aromatic N) is 4. The third-order valence-electron chi connectivity index (χ3n) is 4.19. The van der Waals surface area contributed by atoms with Crippen LogP contribution in [-0.4, -0.2) is 46.4 Å². The van der Waals surface area contributed by atoms with Gasteiger partial charge >= 0.3 is 0 Å². The van der Waals surface area contributed by atoms with Crippen molar-refractivity contribution in [2.45, 2.75) is 20.5 Å². The SMILES string of the molecule is CCN1CCN(c2nsnc2OCc2ccccc2C)CC1. The molecule has 2 heterocycles. The number of aromatic nitrogens is 2. The van der Waals surface area contributed by atoms with E-state index in [-0.39, 0.29) is 0 Å². The van der Waals surface area contributed by atoms with Gasteiger partial charge in [-0.15, -0.1) is 4.37 Å². The highest BCUT2D eigenvalue weighted by Crippen LogP contribution is 2.27. The second kappa shape index (κ2) is 7.07. The van der Waals surface area contributed by atoms with E-state index in [4.69, 9.17) is 4.74 Å². The van der Waals surface area contributed by atoms with Gasteiger partial charge in [-0.2, -0.15) is 4.37 Å². The van der Waals surface area contributed by atoms with Gasteiger partial charge < -0.3 is 14.5 Å². The Kier molecular flexibility index (Phi) is 4.90. The number of ether oxygens (including phenoxy) is 1. The maximum Gasteiger partial charge on any atom is 0.271 e. The lowest BCUT2D eigenvalue weighted by Crippen LogP contribution is -2.46. The number of rotatable bonds is 5. The number of benzene rings is 1. The third kappa shape index (κ3) is 3.39. The van der Waals surface area contributed by atoms with Crippen molar-refractivity contribution in [3.8, 4) is 5.88 Å². The first kappa shape index (κ1) is 15.2. The van der Waals surface area contributed by atoms with Crippen molar-refractivity contribution in [2.75, 3.05) is 37.6 Å². The predicted octanol–water partition coefficient (Wildman–Crippen LogP) is 2.57. The summed E-state index contributed by atoms with van der Waals surface area (Å²) in [7, 11) is 0. The van der Waals surface area contributed by atoms with Crippen LogP contribution in [0.1, 0.15) is 18.1 Å². The maximum atomic E-state index is 5.93. The Hall–Kier alpha value is -1.66. The first-order valence-corrected chi connectivity index (χ1v) is 8.48. The fourth-order valence-corrected chi connectivity index (χ4v) is 3.17. The Balaban J connectivity index is 1.64. The molecule has 1 aliphatic heterocycles. The van der Waals surface area contributed by atoms with Crippen molar-refractivity contribution in [3.05, 3.63) is 35.4 Å². The van der Waals surface area contributed by atoms with Gasteiger partial charge in [0.15, 0.2) is 0 Å². The van der Waals surface area contributed by atoms with Gasteiger partial charge in [-0.25, -0.2) is 0 Å². The van der Waals surface area contributed by atoms with Gasteiger partial charge in [-0.05, 0) is 24.6 Å². The normalized spacial score (nSPS) is 16.0. The first-order valence-electron chi connectivity index (χ1n) is 7.75. The summed E-state index contributed by atoms with van der Waals surface area (Å²) >= 11 is 1.23. The summed E-state index contributed by atoms with van der Waals surface area (Å²) in [6, 6.07) is 8.27. The van der Waals surface area contributed by atoms with E-state index >= 15 is 0 Å². The smallest absolute Gasteiger partial charge is 0.271 e. The molecule has 0 radical (unpaired) electrons. The molecule has 118 valence electrons. The summed E-state index contributed by atoms with van der Waals surface area (Å²) < 4.78 is 14.7. The molecule has 1 aromatic heterocycles. The van der Waals surface area contributed by atoms with E-state index in [1.165, 1.54) is 22.9 Å². The van der Waals surface area contributed by atoms with Crippen LogP contribution in [0.25, 0.3) is 0 Å². The minimum Gasteiger partial charge on any atom is -0.470 e. The second-order valence-corrected chi connectivity index (χ2v) is 6.06. The summed E-state index contributed by atoms with van der Waals surface area (Å²) in [6.07, 6.45) is 0. The summed E-state index contributed by atoms with van der Waals surface area (Å²) in [5, 5.41) is 0. The van der Waals surface area contributed by atoms with Gasteiger partial charge in [0.25, 0.3) is 5.88 Å². The first-order chi connectivity index (χ1) is 10.8. The van der Waals surface area contributed by atoms with Gasteiger partial charge in [-0.1, -0.05) is 31.2 Å². The molecule has 6 heteroatoms. The average Bonchev–Trinajstić information content (AvgIpc) is 3.03. The molecule has 1 fully saturated rings. The molecule has 3 rings (SSSR count). The van der Waals surface area contributed by atoms with Gasteiger partial charge in [0.1, 0.15) is 6.61 Å². The van der Waals surface area contributed by atoms with E-state index in [0.717, 1.165) is 38.5 Å². The molecule has 22 heavy (non-hydrogen) atoms. The van der Waals surface area contributed by atoms with Crippen LogP contribution in [-0.2, 0) is 6.61 Å². The highest BCUT2D eigenvalue weighted by atomic mass is 32.1. The van der Waals surface area contributed by atoms with Crippen LogP contribution in [0.3, 0.4) is 0 Å². The third-order valence-corrected chi connectivity index (χ3v) is 4.69. The molecule has 1 aromatic carbocycles. The molecule has 2 aromatic rings. The molecule has 0 spiro atoms. The fraction of sp³-hybridized carbons (Fsp3) is 0.500. The lowest BCUT2D eigenvalue weighted by molar-refractivity contribution is 0.265. The van der Waals surface area contributed by atoms with E-state index in [1.807, 2.05) is 12.1 Å². The van der Waals surface area contributed by atoms with E-state index in [9.17, 15) is 0 Å². The van der Waals surface area contributed by atoms with Crippen LogP contribution >= 0.6 is 11.7 Å². The van der Waals surface area contributed by atoms with Crippen LogP contribution in [0.2, 0.25) is 0 Å². The van der Waals surface area contributed by atoms with Crippen molar-refractivity contribution in [1.82, 2.24) is 13.6 Å². The topological polar surface area (TPSA) is 41.5 Å². The van der Waals surface area contributed by atoms with Crippen LogP contribution in [0.4, 0.5) is 5.82 Å². The Labute approximate surface area is 135 Å². The molecule has 0 unspecified atom stereocenters. The molecule has 5 nitrogen and oxygen atoms in total. The zero-order chi connectivity index (χ0) is 15.4. The van der Waals surface area contributed by atoms with E-state index < -0.39 is 0 Å². The van der Waals surface area contributed by atoms with E-state index in [2.05, 4.69) is 44.5 Å². The molecule has 0 saturated carbocycles. The zero-order valence-electron chi connectivity index (χ0n) is 13.2. The van der Waals surface area contributed by atoms with Gasteiger partial charge in [-0.3, -0.25) is 0 Å². The molecular formula is C16H22N4OS. The molecular weight excluding hydrogens is 296 g/mol. The molecule has 0 atom stereocenters. The van der Waals surface area contributed by atoms with Crippen molar-refractivity contribution >= 4 is 17.5 Å². The number of likely N-dealkylation sites (N-methyl/N-ethyl adjacent to an activating group) is 1. The van der Waals surface area contributed by atoms with Crippen LogP contribution in [0.15, 0.2) is 24.3 Å². The van der Waals surface area contributed by atoms with E-state index in [0.29, 0.717) is 12.5 Å². The average molecular weight is 318 g/mol. The summed E-state index contributed by atoms with van der Waals surface area (Å²) in [6.45, 7) is 10.1. The number of piperazine rings is 1.